The zero-order valence-electron chi connectivity index (χ0n) is 13.5. The van der Waals surface area contributed by atoms with Crippen molar-refractivity contribution in [2.45, 2.75) is 44.9 Å². The highest BCUT2D eigenvalue weighted by Gasteiger charge is 2.29. The molecule has 0 radical (unpaired) electrons. The summed E-state index contributed by atoms with van der Waals surface area (Å²) >= 11 is 0. The third kappa shape index (κ3) is 3.32. The van der Waals surface area contributed by atoms with Gasteiger partial charge in [-0.05, 0) is 32.8 Å². The summed E-state index contributed by atoms with van der Waals surface area (Å²) in [4.78, 5) is 13.3. The van der Waals surface area contributed by atoms with Crippen LogP contribution in [0.5, 0.6) is 0 Å². The van der Waals surface area contributed by atoms with E-state index in [9.17, 15) is 0 Å². The molecule has 1 saturated carbocycles. The van der Waals surface area contributed by atoms with Gasteiger partial charge in [0.05, 0.1) is 6.10 Å². The van der Waals surface area contributed by atoms with Gasteiger partial charge < -0.3 is 15.4 Å². The molecule has 3 rings (SSSR count). The molecule has 2 heterocycles. The molecule has 0 atom stereocenters. The third-order valence-corrected chi connectivity index (χ3v) is 3.87. The Morgan fingerprint density at radius 2 is 2.13 bits per heavy atom. The fourth-order valence-electron chi connectivity index (χ4n) is 2.60. The molecular weight excluding hydrogens is 292 g/mol. The molecule has 2 aromatic rings. The summed E-state index contributed by atoms with van der Waals surface area (Å²) < 4.78 is 5.28. The Kier molecular flexibility index (Phi) is 4.26. The minimum atomic E-state index is 0.195. The molecule has 1 aliphatic rings. The minimum Gasteiger partial charge on any atom is -0.381 e. The van der Waals surface area contributed by atoms with Crippen LogP contribution in [0.1, 0.15) is 32.4 Å². The Hall–Kier alpha value is -2.46. The molecule has 23 heavy (non-hydrogen) atoms. The van der Waals surface area contributed by atoms with Crippen LogP contribution in [0.3, 0.4) is 0 Å². The van der Waals surface area contributed by atoms with E-state index in [0.29, 0.717) is 29.6 Å². The lowest BCUT2D eigenvalue weighted by Crippen LogP contribution is -2.40. The maximum Gasteiger partial charge on any atom is 0.223 e. The largest absolute Gasteiger partial charge is 0.381 e. The van der Waals surface area contributed by atoms with E-state index in [1.807, 2.05) is 13.8 Å². The second-order valence-corrected chi connectivity index (χ2v) is 6.07. The Bertz CT molecular complexity index is 748. The van der Waals surface area contributed by atoms with Crippen molar-refractivity contribution < 1.29 is 4.74 Å². The highest BCUT2D eigenvalue weighted by atomic mass is 16.5. The molecule has 1 aliphatic carbocycles. The van der Waals surface area contributed by atoms with Crippen LogP contribution < -0.4 is 10.6 Å². The van der Waals surface area contributed by atoms with Crippen molar-refractivity contribution >= 4 is 22.7 Å². The van der Waals surface area contributed by atoms with Gasteiger partial charge in [-0.1, -0.05) is 0 Å². The first kappa shape index (κ1) is 15.4. The number of aromatic nitrogens is 3. The van der Waals surface area contributed by atoms with Crippen molar-refractivity contribution in [2.75, 3.05) is 17.7 Å². The molecule has 0 spiro atoms. The maximum absolute atomic E-state index is 9.11. The Morgan fingerprint density at radius 3 is 2.78 bits per heavy atom. The first-order chi connectivity index (χ1) is 11.1. The van der Waals surface area contributed by atoms with Crippen molar-refractivity contribution in [1.82, 2.24) is 15.0 Å². The number of anilines is 2. The monoisotopic (exact) mass is 312 g/mol. The van der Waals surface area contributed by atoms with Crippen molar-refractivity contribution in [3.8, 4) is 6.07 Å². The number of pyridine rings is 1. The average molecular weight is 312 g/mol. The van der Waals surface area contributed by atoms with Crippen LogP contribution in [-0.4, -0.2) is 40.2 Å². The number of ether oxygens (including phenoxy) is 1. The molecule has 0 aliphatic heterocycles. The Balaban J connectivity index is 1.89. The van der Waals surface area contributed by atoms with Gasteiger partial charge in [0.25, 0.3) is 0 Å². The van der Waals surface area contributed by atoms with E-state index in [2.05, 4.69) is 31.7 Å². The van der Waals surface area contributed by atoms with Gasteiger partial charge >= 0.3 is 0 Å². The SMILES string of the molecule is CO[C@H]1C[C@H](Nc2ncc3cc(C#N)nc(NC(C)C)c3n2)C1. The van der Waals surface area contributed by atoms with Gasteiger partial charge in [-0.2, -0.15) is 5.26 Å². The van der Waals surface area contributed by atoms with Crippen molar-refractivity contribution in [3.63, 3.8) is 0 Å². The number of fused-ring (bicyclic) bond motifs is 1. The Morgan fingerprint density at radius 1 is 1.35 bits per heavy atom. The average Bonchev–Trinajstić information content (AvgIpc) is 2.49. The number of hydrogen-bond donors (Lipinski definition) is 2. The van der Waals surface area contributed by atoms with Crippen molar-refractivity contribution in [1.29, 1.82) is 5.26 Å². The van der Waals surface area contributed by atoms with Crippen LogP contribution in [0.15, 0.2) is 12.3 Å². The number of nitriles is 1. The van der Waals surface area contributed by atoms with E-state index in [1.54, 1.807) is 19.4 Å². The summed E-state index contributed by atoms with van der Waals surface area (Å²) in [6.07, 6.45) is 3.97. The smallest absolute Gasteiger partial charge is 0.223 e. The zero-order chi connectivity index (χ0) is 16.4. The van der Waals surface area contributed by atoms with E-state index in [1.165, 1.54) is 0 Å². The van der Waals surface area contributed by atoms with Crippen LogP contribution in [0.4, 0.5) is 11.8 Å². The van der Waals surface area contributed by atoms with E-state index in [0.717, 1.165) is 23.7 Å². The first-order valence-electron chi connectivity index (χ1n) is 7.72. The lowest BCUT2D eigenvalue weighted by Gasteiger charge is -2.34. The van der Waals surface area contributed by atoms with E-state index in [-0.39, 0.29) is 6.04 Å². The summed E-state index contributed by atoms with van der Waals surface area (Å²) in [6.45, 7) is 4.04. The fraction of sp³-hybridized carbons (Fsp3) is 0.500. The second-order valence-electron chi connectivity index (χ2n) is 6.07. The van der Waals surface area contributed by atoms with Gasteiger partial charge in [-0.15, -0.1) is 0 Å². The number of methoxy groups -OCH3 is 1. The van der Waals surface area contributed by atoms with E-state index < -0.39 is 0 Å². The van der Waals surface area contributed by atoms with Gasteiger partial charge in [0.15, 0.2) is 5.82 Å². The summed E-state index contributed by atoms with van der Waals surface area (Å²) in [5.74, 6) is 1.19. The van der Waals surface area contributed by atoms with Gasteiger partial charge in [0, 0.05) is 30.8 Å². The molecule has 1 fully saturated rings. The van der Waals surface area contributed by atoms with Gasteiger partial charge in [0.1, 0.15) is 17.3 Å². The van der Waals surface area contributed by atoms with Gasteiger partial charge in [0.2, 0.25) is 5.95 Å². The number of hydrogen-bond acceptors (Lipinski definition) is 7. The highest BCUT2D eigenvalue weighted by Crippen LogP contribution is 2.27. The predicted molar refractivity (Wildman–Crippen MR) is 88.2 cm³/mol. The molecule has 0 aromatic carbocycles. The van der Waals surface area contributed by atoms with Crippen molar-refractivity contribution in [2.24, 2.45) is 0 Å². The summed E-state index contributed by atoms with van der Waals surface area (Å²) in [6, 6.07) is 4.31. The maximum atomic E-state index is 9.11. The van der Waals surface area contributed by atoms with E-state index >= 15 is 0 Å². The second kappa shape index (κ2) is 6.34. The normalized spacial score (nSPS) is 20.1. The Labute approximate surface area is 135 Å². The lowest BCUT2D eigenvalue weighted by atomic mass is 9.89. The molecule has 7 heteroatoms. The molecule has 120 valence electrons. The molecule has 2 N–H and O–H groups in total. The van der Waals surface area contributed by atoms with Crippen LogP contribution in [0.25, 0.3) is 10.9 Å². The minimum absolute atomic E-state index is 0.195. The molecule has 0 amide bonds. The van der Waals surface area contributed by atoms with Crippen molar-refractivity contribution in [3.05, 3.63) is 18.0 Å². The molecule has 0 bridgehead atoms. The standard InChI is InChI=1S/C16H20N6O/c1-9(2)19-15-14-10(4-12(7-17)20-15)8-18-16(22-14)21-11-5-13(6-11)23-3/h4,8-9,11,13H,5-6H2,1-3H3,(H,19,20)(H,18,21,22)/t11-,13-. The quantitative estimate of drug-likeness (QED) is 0.874. The molecule has 0 unspecified atom stereocenters. The predicted octanol–water partition coefficient (Wildman–Crippen LogP) is 2.31. The van der Waals surface area contributed by atoms with E-state index in [4.69, 9.17) is 10.00 Å². The number of nitrogens with one attached hydrogen (secondary N) is 2. The highest BCUT2D eigenvalue weighted by molar-refractivity contribution is 5.89. The molecule has 7 nitrogen and oxygen atoms in total. The lowest BCUT2D eigenvalue weighted by molar-refractivity contribution is 0.0327. The van der Waals surface area contributed by atoms with Gasteiger partial charge in [-0.25, -0.2) is 15.0 Å². The molecular formula is C16H20N6O. The van der Waals surface area contributed by atoms with Crippen LogP contribution in [0.2, 0.25) is 0 Å². The van der Waals surface area contributed by atoms with Gasteiger partial charge in [-0.3, -0.25) is 0 Å². The topological polar surface area (TPSA) is 95.8 Å². The number of nitrogens with zero attached hydrogens (tertiary/aromatic N) is 4. The summed E-state index contributed by atoms with van der Waals surface area (Å²) in [7, 11) is 1.73. The van der Waals surface area contributed by atoms with Crippen LogP contribution >= 0.6 is 0 Å². The van der Waals surface area contributed by atoms with Crippen LogP contribution in [-0.2, 0) is 4.74 Å². The third-order valence-electron chi connectivity index (χ3n) is 3.87. The summed E-state index contributed by atoms with van der Waals surface area (Å²) in [5, 5.41) is 16.5. The first-order valence-corrected chi connectivity index (χ1v) is 7.72. The number of rotatable bonds is 5. The molecule has 2 aromatic heterocycles. The van der Waals surface area contributed by atoms with Crippen LogP contribution in [0, 0.1) is 11.3 Å². The summed E-state index contributed by atoms with van der Waals surface area (Å²) in [5.41, 5.74) is 1.07. The molecule has 0 saturated heterocycles. The zero-order valence-corrected chi connectivity index (χ0v) is 13.5. The fourth-order valence-corrected chi connectivity index (χ4v) is 2.60.